The van der Waals surface area contributed by atoms with Gasteiger partial charge in [-0.25, -0.2) is 0 Å². The smallest absolute Gasteiger partial charge is 0.416 e. The number of alkyl halides is 3. The van der Waals surface area contributed by atoms with Gasteiger partial charge in [0.1, 0.15) is 0 Å². The van der Waals surface area contributed by atoms with E-state index in [-0.39, 0.29) is 24.4 Å². The van der Waals surface area contributed by atoms with E-state index in [2.05, 4.69) is 18.1 Å². The molecule has 182 valence electrons. The molecule has 33 heavy (non-hydrogen) atoms. The molecule has 0 amide bonds. The molecule has 2 heterocycles. The molecular formula is C26H34F3NO3. The Kier molecular flexibility index (Phi) is 8.40. The molecule has 0 saturated carbocycles. The van der Waals surface area contributed by atoms with Crippen LogP contribution in [0.15, 0.2) is 48.6 Å². The molecule has 0 spiro atoms. The number of carboxylic acids is 1. The highest BCUT2D eigenvalue weighted by Crippen LogP contribution is 2.41. The van der Waals surface area contributed by atoms with E-state index in [0.29, 0.717) is 18.9 Å². The Bertz CT molecular complexity index is 843. The lowest BCUT2D eigenvalue weighted by Crippen LogP contribution is -2.46. The van der Waals surface area contributed by atoms with Crippen molar-refractivity contribution in [3.8, 4) is 0 Å². The minimum Gasteiger partial charge on any atom is -0.481 e. The summed E-state index contributed by atoms with van der Waals surface area (Å²) in [6.45, 7) is 12.5. The van der Waals surface area contributed by atoms with E-state index in [4.69, 9.17) is 4.74 Å². The van der Waals surface area contributed by atoms with E-state index in [0.717, 1.165) is 67.7 Å². The van der Waals surface area contributed by atoms with Crippen molar-refractivity contribution in [3.05, 3.63) is 59.7 Å². The second kappa shape index (κ2) is 10.9. The molecule has 0 aromatic heterocycles. The van der Waals surface area contributed by atoms with E-state index in [1.54, 1.807) is 12.1 Å². The summed E-state index contributed by atoms with van der Waals surface area (Å²) in [6.07, 6.45) is -0.174. The molecule has 2 saturated heterocycles. The molecule has 7 heteroatoms. The first-order valence-corrected chi connectivity index (χ1v) is 11.6. The Morgan fingerprint density at radius 3 is 2.33 bits per heavy atom. The summed E-state index contributed by atoms with van der Waals surface area (Å²) in [4.78, 5) is 13.7. The van der Waals surface area contributed by atoms with Gasteiger partial charge in [-0.1, -0.05) is 30.9 Å². The van der Waals surface area contributed by atoms with Gasteiger partial charge in [-0.05, 0) is 80.7 Å². The molecule has 4 nitrogen and oxygen atoms in total. The van der Waals surface area contributed by atoms with Crippen LogP contribution in [0.4, 0.5) is 13.2 Å². The Labute approximate surface area is 194 Å². The number of ether oxygens (including phenoxy) is 1. The summed E-state index contributed by atoms with van der Waals surface area (Å²) in [5, 5.41) is 9.32. The molecule has 2 aliphatic rings. The van der Waals surface area contributed by atoms with Crippen LogP contribution in [0.1, 0.15) is 62.6 Å². The summed E-state index contributed by atoms with van der Waals surface area (Å²) in [5.41, 5.74) is 1.94. The van der Waals surface area contributed by atoms with Crippen LogP contribution in [-0.2, 0) is 15.7 Å². The lowest BCUT2D eigenvalue weighted by Gasteiger charge is -2.46. The SMILES string of the molecule is C=C(C)C(=C)[C@H](CC1CCOCC1)N1CC[C@@H](CC(=O)O)C[C@H]1c1ccc(C(F)(F)F)cc1. The first-order valence-electron chi connectivity index (χ1n) is 11.6. The van der Waals surface area contributed by atoms with Crippen molar-refractivity contribution in [2.45, 2.75) is 63.7 Å². The van der Waals surface area contributed by atoms with Gasteiger partial charge in [-0.15, -0.1) is 0 Å². The fraction of sp³-hybridized carbons (Fsp3) is 0.577. The first-order chi connectivity index (χ1) is 15.6. The summed E-state index contributed by atoms with van der Waals surface area (Å²) in [6, 6.07) is 5.15. The topological polar surface area (TPSA) is 49.8 Å². The monoisotopic (exact) mass is 465 g/mol. The molecule has 0 radical (unpaired) electrons. The number of carbonyl (C=O) groups is 1. The molecule has 0 aliphatic carbocycles. The number of hydrogen-bond donors (Lipinski definition) is 1. The number of hydrogen-bond acceptors (Lipinski definition) is 3. The quantitative estimate of drug-likeness (QED) is 0.461. The van der Waals surface area contributed by atoms with Crippen LogP contribution >= 0.6 is 0 Å². The van der Waals surface area contributed by atoms with Gasteiger partial charge in [-0.2, -0.15) is 13.2 Å². The highest BCUT2D eigenvalue weighted by atomic mass is 19.4. The molecule has 3 atom stereocenters. The van der Waals surface area contributed by atoms with Crippen LogP contribution in [0.2, 0.25) is 0 Å². The third-order valence-corrected chi connectivity index (χ3v) is 7.09. The highest BCUT2D eigenvalue weighted by molar-refractivity contribution is 5.67. The number of carboxylic acid groups (broad SMARTS) is 1. The van der Waals surface area contributed by atoms with Gasteiger partial charge in [0, 0.05) is 31.7 Å². The average Bonchev–Trinajstić information content (AvgIpc) is 2.77. The van der Waals surface area contributed by atoms with Crippen molar-refractivity contribution in [3.63, 3.8) is 0 Å². The summed E-state index contributed by atoms with van der Waals surface area (Å²) < 4.78 is 44.9. The first kappa shape index (κ1) is 25.5. The van der Waals surface area contributed by atoms with Crippen LogP contribution < -0.4 is 0 Å². The second-order valence-electron chi connectivity index (χ2n) is 9.47. The van der Waals surface area contributed by atoms with E-state index in [1.165, 1.54) is 0 Å². The Balaban J connectivity index is 1.92. The van der Waals surface area contributed by atoms with E-state index in [9.17, 15) is 23.1 Å². The number of rotatable bonds is 8. The molecular weight excluding hydrogens is 431 g/mol. The van der Waals surface area contributed by atoms with Crippen molar-refractivity contribution in [2.75, 3.05) is 19.8 Å². The maximum atomic E-state index is 13.1. The fourth-order valence-corrected chi connectivity index (χ4v) is 5.14. The van der Waals surface area contributed by atoms with Gasteiger partial charge < -0.3 is 9.84 Å². The number of aliphatic carboxylic acids is 1. The van der Waals surface area contributed by atoms with Crippen LogP contribution in [0.5, 0.6) is 0 Å². The van der Waals surface area contributed by atoms with Crippen LogP contribution in [0.3, 0.4) is 0 Å². The van der Waals surface area contributed by atoms with Gasteiger partial charge in [-0.3, -0.25) is 9.69 Å². The number of likely N-dealkylation sites (tertiary alicyclic amines) is 1. The summed E-state index contributed by atoms with van der Waals surface area (Å²) >= 11 is 0. The maximum Gasteiger partial charge on any atom is 0.416 e. The van der Waals surface area contributed by atoms with E-state index >= 15 is 0 Å². The van der Waals surface area contributed by atoms with E-state index in [1.807, 2.05) is 6.92 Å². The van der Waals surface area contributed by atoms with Gasteiger partial charge >= 0.3 is 12.1 Å². The predicted octanol–water partition coefficient (Wildman–Crippen LogP) is 6.25. The molecule has 0 unspecified atom stereocenters. The van der Waals surface area contributed by atoms with Gasteiger partial charge in [0.05, 0.1) is 5.56 Å². The Morgan fingerprint density at radius 2 is 1.79 bits per heavy atom. The predicted molar refractivity (Wildman–Crippen MR) is 122 cm³/mol. The molecule has 3 rings (SSSR count). The summed E-state index contributed by atoms with van der Waals surface area (Å²) in [5.74, 6) is -0.387. The highest BCUT2D eigenvalue weighted by Gasteiger charge is 2.37. The lowest BCUT2D eigenvalue weighted by atomic mass is 9.80. The molecule has 2 aliphatic heterocycles. The van der Waals surface area contributed by atoms with Crippen molar-refractivity contribution in [1.29, 1.82) is 0 Å². The van der Waals surface area contributed by atoms with E-state index < -0.39 is 17.7 Å². The zero-order valence-corrected chi connectivity index (χ0v) is 19.2. The molecule has 2 fully saturated rings. The number of benzene rings is 1. The number of nitrogens with zero attached hydrogens (tertiary/aromatic N) is 1. The molecule has 1 N–H and O–H groups in total. The summed E-state index contributed by atoms with van der Waals surface area (Å²) in [7, 11) is 0. The maximum absolute atomic E-state index is 13.1. The molecule has 1 aromatic carbocycles. The zero-order chi connectivity index (χ0) is 24.2. The fourth-order valence-electron chi connectivity index (χ4n) is 5.14. The Hall–Kier alpha value is -2.12. The van der Waals surface area contributed by atoms with Crippen molar-refractivity contribution < 1.29 is 27.8 Å². The number of piperidine rings is 1. The Morgan fingerprint density at radius 1 is 1.15 bits per heavy atom. The molecule has 1 aromatic rings. The standard InChI is InChI=1S/C26H34F3NO3/c1-17(2)18(3)23(14-19-9-12-33-13-10-19)30-11-8-20(16-25(31)32)15-24(30)21-4-6-22(7-5-21)26(27,28)29/h4-7,19-20,23-24H,1,3,8-16H2,2H3,(H,31,32)/t20-,23+,24+/m1/s1. The van der Waals surface area contributed by atoms with Crippen molar-refractivity contribution >= 4 is 5.97 Å². The molecule has 0 bridgehead atoms. The van der Waals surface area contributed by atoms with Gasteiger partial charge in [0.15, 0.2) is 0 Å². The zero-order valence-electron chi connectivity index (χ0n) is 19.2. The van der Waals surface area contributed by atoms with Gasteiger partial charge in [0.2, 0.25) is 0 Å². The normalized spacial score (nSPS) is 23.8. The number of halogens is 3. The largest absolute Gasteiger partial charge is 0.481 e. The third kappa shape index (κ3) is 6.70. The van der Waals surface area contributed by atoms with Crippen LogP contribution in [0.25, 0.3) is 0 Å². The van der Waals surface area contributed by atoms with Crippen molar-refractivity contribution in [1.82, 2.24) is 4.90 Å². The average molecular weight is 466 g/mol. The van der Waals surface area contributed by atoms with Gasteiger partial charge in [0.25, 0.3) is 0 Å². The minimum absolute atomic E-state index is 0.00340. The van der Waals surface area contributed by atoms with Crippen LogP contribution in [0, 0.1) is 11.8 Å². The third-order valence-electron chi connectivity index (χ3n) is 7.09. The second-order valence-corrected chi connectivity index (χ2v) is 9.47. The minimum atomic E-state index is -4.39. The van der Waals surface area contributed by atoms with Crippen molar-refractivity contribution in [2.24, 2.45) is 11.8 Å². The lowest BCUT2D eigenvalue weighted by molar-refractivity contribution is -0.139. The van der Waals surface area contributed by atoms with Crippen LogP contribution in [-0.4, -0.2) is 41.8 Å².